The average molecular weight is 1130 g/mol. The van der Waals surface area contributed by atoms with Gasteiger partial charge in [0.1, 0.15) is 26.0 Å². The van der Waals surface area contributed by atoms with Crippen molar-refractivity contribution in [3.8, 4) is 0 Å². The number of nitrogens with one attached hydrogen (secondary N) is 1. The molecule has 1 N–H and O–H groups in total. The molecule has 1 saturated heterocycles. The minimum Gasteiger partial charge on any atom is -0.502 e. The number of ether oxygens (including phenoxy) is 7. The van der Waals surface area contributed by atoms with Crippen molar-refractivity contribution in [3.05, 3.63) is 12.8 Å². The van der Waals surface area contributed by atoms with Crippen LogP contribution in [0.25, 0.3) is 0 Å². The third-order valence-electron chi connectivity index (χ3n) is 13.3. The van der Waals surface area contributed by atoms with Crippen molar-refractivity contribution in [2.45, 2.75) is 266 Å². The number of unbranched alkanes of at least 4 members (excludes halogenated alkanes) is 20. The van der Waals surface area contributed by atoms with Gasteiger partial charge in [0.2, 0.25) is 0 Å². The largest absolute Gasteiger partial charge is 0.502 e. The molecule has 15 heteroatoms. The van der Waals surface area contributed by atoms with Gasteiger partial charge in [-0.15, -0.1) is 0 Å². The van der Waals surface area contributed by atoms with Crippen LogP contribution in [0.4, 0.5) is 0 Å². The van der Waals surface area contributed by atoms with E-state index in [4.69, 9.17) is 33.2 Å². The van der Waals surface area contributed by atoms with E-state index in [-0.39, 0.29) is 49.3 Å². The lowest BCUT2D eigenvalue weighted by Crippen LogP contribution is -2.35. The number of methoxy groups -OCH3 is 3. The predicted molar refractivity (Wildman–Crippen MR) is 328 cm³/mol. The zero-order valence-corrected chi connectivity index (χ0v) is 53.3. The molecule has 0 aliphatic carbocycles. The Morgan fingerprint density at radius 2 is 0.975 bits per heavy atom. The normalized spacial score (nSPS) is 13.2. The minimum absolute atomic E-state index is 0.0219. The van der Waals surface area contributed by atoms with Crippen LogP contribution in [-0.4, -0.2) is 143 Å². The Bertz CT molecular complexity index is 1160. The molecule has 0 aromatic carbocycles. The molecule has 0 amide bonds. The summed E-state index contributed by atoms with van der Waals surface area (Å²) in [5, 5.41) is 3.03. The summed E-state index contributed by atoms with van der Waals surface area (Å²) in [4.78, 5) is 63.8. The van der Waals surface area contributed by atoms with E-state index >= 15 is 0 Å². The second kappa shape index (κ2) is 81.2. The summed E-state index contributed by atoms with van der Waals surface area (Å²) in [5.41, 5.74) is 0. The van der Waals surface area contributed by atoms with Crippen LogP contribution in [0, 0.1) is 11.8 Å². The van der Waals surface area contributed by atoms with Crippen molar-refractivity contribution in [2.75, 3.05) is 88.2 Å². The Hall–Kier alpha value is -3.24. The lowest BCUT2D eigenvalue weighted by molar-refractivity contribution is -0.148. The fourth-order valence-electron chi connectivity index (χ4n) is 7.86. The molecule has 1 fully saturated rings. The highest BCUT2D eigenvalue weighted by molar-refractivity contribution is 5.73. The molecule has 0 aromatic heterocycles. The van der Waals surface area contributed by atoms with E-state index in [0.29, 0.717) is 45.2 Å². The highest BCUT2D eigenvalue weighted by Gasteiger charge is 2.19. The molecule has 1 rings (SSSR count). The van der Waals surface area contributed by atoms with E-state index in [1.165, 1.54) is 173 Å². The quantitative estimate of drug-likeness (QED) is 0.0200. The van der Waals surface area contributed by atoms with Crippen LogP contribution in [0.2, 0.25) is 0 Å². The van der Waals surface area contributed by atoms with Crippen LogP contribution in [0.15, 0.2) is 12.8 Å². The van der Waals surface area contributed by atoms with E-state index < -0.39 is 0 Å². The van der Waals surface area contributed by atoms with E-state index in [9.17, 15) is 24.0 Å². The predicted octanol–water partition coefficient (Wildman–Crippen LogP) is 14.6. The molecule has 0 spiro atoms. The highest BCUT2D eigenvalue weighted by Crippen LogP contribution is 2.16. The maximum Gasteiger partial charge on any atom is 0.306 e. The van der Waals surface area contributed by atoms with Crippen LogP contribution >= 0.6 is 0 Å². The smallest absolute Gasteiger partial charge is 0.306 e. The number of carbonyl (C=O) groups excluding carboxylic acids is 6. The summed E-state index contributed by atoms with van der Waals surface area (Å²) in [6.45, 7) is 24.9. The van der Waals surface area contributed by atoms with Gasteiger partial charge in [0.05, 0.1) is 44.8 Å². The first-order valence-corrected chi connectivity index (χ1v) is 31.1. The number of hydrogen-bond donors (Lipinski definition) is 1. The van der Waals surface area contributed by atoms with E-state index in [0.717, 1.165) is 57.9 Å². The first-order chi connectivity index (χ1) is 38.5. The molecule has 0 aromatic rings. The van der Waals surface area contributed by atoms with Crippen molar-refractivity contribution < 1.29 is 61.9 Å². The van der Waals surface area contributed by atoms with Gasteiger partial charge in [-0.25, -0.2) is 0 Å². The maximum atomic E-state index is 12.0. The number of rotatable bonds is 46. The van der Waals surface area contributed by atoms with Gasteiger partial charge in [-0.1, -0.05) is 189 Å². The fourth-order valence-corrected chi connectivity index (χ4v) is 7.86. The van der Waals surface area contributed by atoms with E-state index in [1.54, 1.807) is 21.3 Å². The van der Waals surface area contributed by atoms with Crippen molar-refractivity contribution in [2.24, 2.45) is 11.8 Å². The highest BCUT2D eigenvalue weighted by atomic mass is 16.5. The summed E-state index contributed by atoms with van der Waals surface area (Å²) < 4.78 is 35.4. The molecule has 79 heavy (non-hydrogen) atoms. The SMILES string of the molecule is C=COCCCCCCCC.C=O.CCC(CC=O)CC=O.CCCCCCCCOC.CCCCCCCCOC(=O)CC(CC)CC(=O)OCC(COC)NC.CCCCCCCCOC=O.COC1CCCN(C)CC1. The van der Waals surface area contributed by atoms with Crippen molar-refractivity contribution in [1.82, 2.24) is 10.2 Å². The third-order valence-corrected chi connectivity index (χ3v) is 13.3. The molecule has 15 nitrogen and oxygen atoms in total. The number of aldehydes is 2. The molecule has 1 aliphatic heterocycles. The second-order valence-electron chi connectivity index (χ2n) is 20.3. The Labute approximate surface area is 486 Å². The van der Waals surface area contributed by atoms with Crippen molar-refractivity contribution in [3.63, 3.8) is 0 Å². The van der Waals surface area contributed by atoms with Gasteiger partial charge in [0.25, 0.3) is 6.47 Å². The van der Waals surface area contributed by atoms with Crippen LogP contribution in [0.3, 0.4) is 0 Å². The van der Waals surface area contributed by atoms with Crippen molar-refractivity contribution in [1.29, 1.82) is 0 Å². The number of hydrogen-bond acceptors (Lipinski definition) is 15. The first-order valence-electron chi connectivity index (χ1n) is 31.1. The lowest BCUT2D eigenvalue weighted by atomic mass is 9.99. The molecule has 0 saturated carbocycles. The van der Waals surface area contributed by atoms with Gasteiger partial charge in [-0.3, -0.25) is 14.4 Å². The zero-order valence-electron chi connectivity index (χ0n) is 53.3. The van der Waals surface area contributed by atoms with Crippen LogP contribution in [0.5, 0.6) is 0 Å². The van der Waals surface area contributed by atoms with Crippen molar-refractivity contribution >= 4 is 37.8 Å². The molecular formula is C64H128N2O13. The summed E-state index contributed by atoms with van der Waals surface area (Å²) >= 11 is 0. The second-order valence-corrected chi connectivity index (χ2v) is 20.3. The molecule has 0 bridgehead atoms. The van der Waals surface area contributed by atoms with Crippen LogP contribution < -0.4 is 5.32 Å². The van der Waals surface area contributed by atoms with Gasteiger partial charge in [-0.2, -0.15) is 0 Å². The standard InChI is InChI=1S/C20H39NO5.C10H20O.C9H18O2.C9H20O.C8H17NO.C7H12O2.CH2O/c1-5-7-8-9-10-11-12-25-19(22)13-17(6-2)14-20(23)26-16-18(21-3)15-24-4;1-3-5-6-7-8-9-10-11-4-2;1-2-3-4-5-6-7-8-11-9-10;1-3-4-5-6-7-8-9-10-2;1-9-6-3-4-8(10-2)5-7-9;1-2-7(3-5-8)4-6-9;1-2/h17-18,21H,5-16H2,1-4H3;4H,2-3,5-10H2,1H3;9H,2-8H2,1H3;3-9H2,1-2H3;8H,3-7H2,1-2H3;5-7H,2-4H2,1H3;1H2. The number of esters is 2. The van der Waals surface area contributed by atoms with Crippen LogP contribution in [0.1, 0.15) is 253 Å². The molecular weight excluding hydrogens is 1000 g/mol. The Morgan fingerprint density at radius 3 is 1.37 bits per heavy atom. The lowest BCUT2D eigenvalue weighted by Gasteiger charge is -2.17. The van der Waals surface area contributed by atoms with Gasteiger partial charge < -0.3 is 57.8 Å². The van der Waals surface area contributed by atoms with E-state index in [1.807, 2.05) is 27.7 Å². The summed E-state index contributed by atoms with van der Waals surface area (Å²) in [5.74, 6) is -0.252. The molecule has 3 unspecified atom stereocenters. The molecule has 472 valence electrons. The zero-order chi connectivity index (χ0) is 60.5. The number of likely N-dealkylation sites (N-methyl/N-ethyl adjacent to an activating group) is 1. The maximum absolute atomic E-state index is 12.0. The Morgan fingerprint density at radius 1 is 0.544 bits per heavy atom. The molecule has 0 radical (unpaired) electrons. The Kier molecular flexibility index (Phi) is 89.5. The fraction of sp³-hybridized carbons (Fsp3) is 0.875. The summed E-state index contributed by atoms with van der Waals surface area (Å²) in [6, 6.07) is -0.0219. The topological polar surface area (TPSA) is 182 Å². The van der Waals surface area contributed by atoms with Gasteiger partial charge >= 0.3 is 11.9 Å². The average Bonchev–Trinajstić information content (AvgIpc) is 3.69. The number of carbonyl (C=O) groups is 6. The molecule has 1 heterocycles. The summed E-state index contributed by atoms with van der Waals surface area (Å²) in [6.07, 6.45) is 41.1. The Balaban J connectivity index is -0.000000213. The summed E-state index contributed by atoms with van der Waals surface area (Å²) in [7, 11) is 9.17. The van der Waals surface area contributed by atoms with Gasteiger partial charge in [0.15, 0.2) is 0 Å². The number of nitrogens with zero attached hydrogens (tertiary/aromatic N) is 1. The van der Waals surface area contributed by atoms with E-state index in [2.05, 4.69) is 56.3 Å². The third kappa shape index (κ3) is 81.3. The van der Waals surface area contributed by atoms with Gasteiger partial charge in [0, 0.05) is 60.2 Å². The van der Waals surface area contributed by atoms with Gasteiger partial charge in [-0.05, 0) is 77.4 Å². The minimum atomic E-state index is -0.281. The monoisotopic (exact) mass is 1130 g/mol. The number of likely N-dealkylation sites (tertiary alicyclic amines) is 1. The molecule has 1 aliphatic rings. The van der Waals surface area contributed by atoms with Crippen LogP contribution in [-0.2, 0) is 61.9 Å². The molecule has 3 atom stereocenters. The first kappa shape index (κ1) is 87.0.